The van der Waals surface area contributed by atoms with E-state index in [1.54, 1.807) is 0 Å². The standard InChI is InChI=1S/C14H17BrClN3/c15-12-2-4-13(5-3-12)19-9-8-18(7-1-6-17)14(10-16)11-19/h2-5,14H,1,7-11H2. The first-order valence-corrected chi connectivity index (χ1v) is 7.75. The fraction of sp³-hybridized carbons (Fsp3) is 0.500. The van der Waals surface area contributed by atoms with Crippen LogP contribution in [0.15, 0.2) is 28.7 Å². The van der Waals surface area contributed by atoms with E-state index < -0.39 is 0 Å². The lowest BCUT2D eigenvalue weighted by Crippen LogP contribution is -2.54. The molecule has 1 aromatic carbocycles. The van der Waals surface area contributed by atoms with Gasteiger partial charge < -0.3 is 4.90 Å². The molecule has 1 unspecified atom stereocenters. The number of halogens is 2. The van der Waals surface area contributed by atoms with Crippen molar-refractivity contribution in [3.8, 4) is 6.07 Å². The number of alkyl halides is 1. The maximum atomic E-state index is 8.69. The summed E-state index contributed by atoms with van der Waals surface area (Å²) in [7, 11) is 0. The molecule has 1 heterocycles. The molecular weight excluding hydrogens is 326 g/mol. The molecule has 1 saturated heterocycles. The molecule has 102 valence electrons. The van der Waals surface area contributed by atoms with Crippen LogP contribution < -0.4 is 4.90 Å². The van der Waals surface area contributed by atoms with Gasteiger partial charge in [-0.3, -0.25) is 4.90 Å². The van der Waals surface area contributed by atoms with Crippen LogP contribution in [0.3, 0.4) is 0 Å². The molecule has 1 aliphatic rings. The summed E-state index contributed by atoms with van der Waals surface area (Å²) < 4.78 is 1.10. The Morgan fingerprint density at radius 3 is 2.68 bits per heavy atom. The van der Waals surface area contributed by atoms with Crippen LogP contribution in [0.2, 0.25) is 0 Å². The molecule has 0 N–H and O–H groups in total. The van der Waals surface area contributed by atoms with Crippen molar-refractivity contribution in [3.63, 3.8) is 0 Å². The molecule has 0 spiro atoms. The monoisotopic (exact) mass is 341 g/mol. The van der Waals surface area contributed by atoms with Crippen LogP contribution in [-0.2, 0) is 0 Å². The average molecular weight is 343 g/mol. The topological polar surface area (TPSA) is 30.3 Å². The Bertz CT molecular complexity index is 443. The van der Waals surface area contributed by atoms with Gasteiger partial charge in [0, 0.05) is 54.7 Å². The Morgan fingerprint density at radius 1 is 1.32 bits per heavy atom. The summed E-state index contributed by atoms with van der Waals surface area (Å²) in [4.78, 5) is 4.69. The Hall–Kier alpha value is -0.760. The normalized spacial score (nSPS) is 20.3. The minimum atomic E-state index is 0.326. The molecule has 0 radical (unpaired) electrons. The number of rotatable bonds is 4. The van der Waals surface area contributed by atoms with E-state index in [4.69, 9.17) is 16.9 Å². The van der Waals surface area contributed by atoms with Crippen LogP contribution in [0.4, 0.5) is 5.69 Å². The molecule has 0 aliphatic carbocycles. The van der Waals surface area contributed by atoms with Crippen LogP contribution in [-0.4, -0.2) is 43.0 Å². The van der Waals surface area contributed by atoms with Crippen LogP contribution in [0.5, 0.6) is 0 Å². The van der Waals surface area contributed by atoms with Gasteiger partial charge in [-0.1, -0.05) is 15.9 Å². The summed E-state index contributed by atoms with van der Waals surface area (Å²) in [6, 6.07) is 10.9. The largest absolute Gasteiger partial charge is 0.369 e. The van der Waals surface area contributed by atoms with Crippen molar-refractivity contribution in [1.82, 2.24) is 4.90 Å². The third-order valence-electron chi connectivity index (χ3n) is 3.49. The molecule has 3 nitrogen and oxygen atoms in total. The van der Waals surface area contributed by atoms with Crippen molar-refractivity contribution in [1.29, 1.82) is 5.26 Å². The fourth-order valence-electron chi connectivity index (χ4n) is 2.41. The molecule has 0 aromatic heterocycles. The summed E-state index contributed by atoms with van der Waals surface area (Å²) in [6.45, 7) is 3.70. The van der Waals surface area contributed by atoms with Gasteiger partial charge in [0.2, 0.25) is 0 Å². The van der Waals surface area contributed by atoms with Gasteiger partial charge in [-0.2, -0.15) is 5.26 Å². The summed E-state index contributed by atoms with van der Waals surface area (Å²) >= 11 is 9.53. The third kappa shape index (κ3) is 3.85. The second-order valence-electron chi connectivity index (χ2n) is 4.67. The molecule has 0 bridgehead atoms. The second-order valence-corrected chi connectivity index (χ2v) is 5.90. The van der Waals surface area contributed by atoms with Crippen LogP contribution >= 0.6 is 27.5 Å². The zero-order valence-electron chi connectivity index (χ0n) is 10.7. The second kappa shape index (κ2) is 7.14. The highest BCUT2D eigenvalue weighted by Gasteiger charge is 2.25. The maximum Gasteiger partial charge on any atom is 0.0635 e. The number of nitrogens with zero attached hydrogens (tertiary/aromatic N) is 3. The third-order valence-corrected chi connectivity index (χ3v) is 4.37. The van der Waals surface area contributed by atoms with E-state index in [-0.39, 0.29) is 0 Å². The quantitative estimate of drug-likeness (QED) is 0.788. The number of anilines is 1. The Labute approximate surface area is 127 Å². The van der Waals surface area contributed by atoms with Crippen molar-refractivity contribution in [3.05, 3.63) is 28.7 Å². The predicted octanol–water partition coefficient (Wildman–Crippen LogP) is 3.09. The van der Waals surface area contributed by atoms with Gasteiger partial charge in [-0.25, -0.2) is 0 Å². The number of piperazine rings is 1. The highest BCUT2D eigenvalue weighted by molar-refractivity contribution is 9.10. The summed E-state index contributed by atoms with van der Waals surface area (Å²) in [5.74, 6) is 0.610. The summed E-state index contributed by atoms with van der Waals surface area (Å²) in [6.07, 6.45) is 0.575. The highest BCUT2D eigenvalue weighted by Crippen LogP contribution is 2.22. The Kier molecular flexibility index (Phi) is 5.50. The van der Waals surface area contributed by atoms with E-state index in [1.807, 2.05) is 0 Å². The Balaban J connectivity index is 2.00. The van der Waals surface area contributed by atoms with Crippen molar-refractivity contribution < 1.29 is 0 Å². The van der Waals surface area contributed by atoms with Gasteiger partial charge in [0.1, 0.15) is 0 Å². The molecule has 1 atom stereocenters. The van der Waals surface area contributed by atoms with Crippen LogP contribution in [0, 0.1) is 11.3 Å². The molecule has 5 heteroatoms. The van der Waals surface area contributed by atoms with Gasteiger partial charge in [0.05, 0.1) is 6.07 Å². The lowest BCUT2D eigenvalue weighted by molar-refractivity contribution is 0.196. The summed E-state index contributed by atoms with van der Waals surface area (Å²) in [5, 5.41) is 8.69. The lowest BCUT2D eigenvalue weighted by atomic mass is 10.1. The molecular formula is C14H17BrClN3. The van der Waals surface area contributed by atoms with Gasteiger partial charge in [-0.05, 0) is 24.3 Å². The number of benzene rings is 1. The SMILES string of the molecule is N#CCCN1CCN(c2ccc(Br)cc2)CC1CCl. The van der Waals surface area contributed by atoms with E-state index in [2.05, 4.69) is 56.1 Å². The van der Waals surface area contributed by atoms with Crippen LogP contribution in [0.25, 0.3) is 0 Å². The van der Waals surface area contributed by atoms with Crippen molar-refractivity contribution >= 4 is 33.2 Å². The zero-order chi connectivity index (χ0) is 13.7. The predicted molar refractivity (Wildman–Crippen MR) is 82.7 cm³/mol. The van der Waals surface area contributed by atoms with Crippen LogP contribution in [0.1, 0.15) is 6.42 Å². The molecule has 1 aromatic rings. The minimum absolute atomic E-state index is 0.326. The average Bonchev–Trinajstić information content (AvgIpc) is 2.46. The van der Waals surface area contributed by atoms with E-state index in [1.165, 1.54) is 5.69 Å². The molecule has 0 amide bonds. The fourth-order valence-corrected chi connectivity index (χ4v) is 2.97. The van der Waals surface area contributed by atoms with Crippen molar-refractivity contribution in [2.75, 3.05) is 37.0 Å². The highest BCUT2D eigenvalue weighted by atomic mass is 79.9. The van der Waals surface area contributed by atoms with Crippen molar-refractivity contribution in [2.45, 2.75) is 12.5 Å². The number of hydrogen-bond acceptors (Lipinski definition) is 3. The van der Waals surface area contributed by atoms with Gasteiger partial charge >= 0.3 is 0 Å². The van der Waals surface area contributed by atoms with Gasteiger partial charge in [-0.15, -0.1) is 11.6 Å². The zero-order valence-corrected chi connectivity index (χ0v) is 13.1. The minimum Gasteiger partial charge on any atom is -0.369 e. The molecule has 1 aliphatic heterocycles. The Morgan fingerprint density at radius 2 is 2.05 bits per heavy atom. The molecule has 2 rings (SSSR count). The van der Waals surface area contributed by atoms with E-state index in [9.17, 15) is 0 Å². The molecule has 1 fully saturated rings. The first kappa shape index (κ1) is 14.6. The van der Waals surface area contributed by atoms with Crippen molar-refractivity contribution in [2.24, 2.45) is 0 Å². The number of hydrogen-bond donors (Lipinski definition) is 0. The van der Waals surface area contributed by atoms with E-state index in [0.29, 0.717) is 18.3 Å². The van der Waals surface area contributed by atoms with Gasteiger partial charge in [0.15, 0.2) is 0 Å². The first-order chi connectivity index (χ1) is 9.24. The number of nitriles is 1. The molecule has 19 heavy (non-hydrogen) atoms. The smallest absolute Gasteiger partial charge is 0.0635 e. The maximum absolute atomic E-state index is 8.69. The lowest BCUT2D eigenvalue weighted by Gasteiger charge is -2.41. The summed E-state index contributed by atoms with van der Waals surface area (Å²) in [5.41, 5.74) is 1.23. The molecule has 0 saturated carbocycles. The van der Waals surface area contributed by atoms with E-state index in [0.717, 1.165) is 30.7 Å². The van der Waals surface area contributed by atoms with E-state index >= 15 is 0 Å². The van der Waals surface area contributed by atoms with Gasteiger partial charge in [0.25, 0.3) is 0 Å². The first-order valence-electron chi connectivity index (χ1n) is 6.42.